The third-order valence-electron chi connectivity index (χ3n) is 9.12. The van der Waals surface area contributed by atoms with Crippen LogP contribution < -0.4 is 14.8 Å². The van der Waals surface area contributed by atoms with E-state index in [4.69, 9.17) is 23.7 Å². The zero-order valence-electron chi connectivity index (χ0n) is 28.2. The van der Waals surface area contributed by atoms with E-state index in [2.05, 4.69) is 20.3 Å². The molecule has 3 heterocycles. The summed E-state index contributed by atoms with van der Waals surface area (Å²) < 4.78 is 32.0. The molecule has 1 amide bonds. The van der Waals surface area contributed by atoms with Crippen molar-refractivity contribution in [1.82, 2.24) is 19.5 Å². The number of nitrogens with zero attached hydrogens (tertiary/aromatic N) is 4. The van der Waals surface area contributed by atoms with Crippen molar-refractivity contribution in [3.63, 3.8) is 0 Å². The Balaban J connectivity index is 1.22. The second kappa shape index (κ2) is 14.7. The van der Waals surface area contributed by atoms with E-state index in [9.17, 15) is 9.90 Å². The number of rotatable bonds is 12. The molecule has 7 rings (SSSR count). The summed E-state index contributed by atoms with van der Waals surface area (Å²) in [6.45, 7) is 0.0268. The predicted molar refractivity (Wildman–Crippen MR) is 189 cm³/mol. The number of methoxy groups -OCH3 is 3. The third kappa shape index (κ3) is 6.41. The number of aromatic nitrogens is 4. The molecule has 0 bridgehead atoms. The first-order valence-electron chi connectivity index (χ1n) is 16.4. The summed E-state index contributed by atoms with van der Waals surface area (Å²) in [6, 6.07) is 34.2. The Morgan fingerprint density at radius 2 is 1.39 bits per heavy atom. The average Bonchev–Trinajstić information content (AvgIpc) is 3.76. The van der Waals surface area contributed by atoms with Gasteiger partial charge in [-0.25, -0.2) is 15.0 Å². The topological polar surface area (TPSA) is 139 Å². The highest BCUT2D eigenvalue weighted by atomic mass is 16.6. The number of fused-ring (bicyclic) bond motifs is 1. The maximum absolute atomic E-state index is 12.9. The van der Waals surface area contributed by atoms with Crippen LogP contribution in [-0.2, 0) is 19.8 Å². The monoisotopic (exact) mass is 687 g/mol. The number of benzene rings is 4. The van der Waals surface area contributed by atoms with E-state index in [0.29, 0.717) is 28.2 Å². The number of imidazole rings is 1. The molecule has 12 heteroatoms. The number of carbonyl (C=O) groups excluding carboxylic acids is 1. The molecule has 1 fully saturated rings. The Morgan fingerprint density at radius 1 is 0.804 bits per heavy atom. The van der Waals surface area contributed by atoms with Crippen molar-refractivity contribution in [2.45, 2.75) is 30.1 Å². The van der Waals surface area contributed by atoms with Gasteiger partial charge in [0.05, 0.1) is 27.2 Å². The minimum Gasteiger partial charge on any atom is -0.497 e. The fourth-order valence-electron chi connectivity index (χ4n) is 6.55. The van der Waals surface area contributed by atoms with Crippen LogP contribution in [0.5, 0.6) is 11.5 Å². The van der Waals surface area contributed by atoms with Gasteiger partial charge in [-0.15, -0.1) is 0 Å². The lowest BCUT2D eigenvalue weighted by atomic mass is 9.80. The summed E-state index contributed by atoms with van der Waals surface area (Å²) in [5.74, 6) is 1.31. The number of amides is 1. The van der Waals surface area contributed by atoms with Crippen LogP contribution in [0.1, 0.15) is 33.3 Å². The van der Waals surface area contributed by atoms with Crippen LogP contribution >= 0.6 is 0 Å². The van der Waals surface area contributed by atoms with E-state index in [1.54, 1.807) is 43.1 Å². The van der Waals surface area contributed by atoms with Crippen LogP contribution in [0, 0.1) is 0 Å². The fraction of sp³-hybridized carbons (Fsp3) is 0.231. The Kier molecular flexibility index (Phi) is 9.73. The van der Waals surface area contributed by atoms with Crippen molar-refractivity contribution >= 4 is 22.9 Å². The lowest BCUT2D eigenvalue weighted by Crippen LogP contribution is -2.40. The molecule has 0 spiro atoms. The average molecular weight is 688 g/mol. The number of nitrogens with one attached hydrogen (secondary N) is 1. The van der Waals surface area contributed by atoms with E-state index >= 15 is 0 Å². The Bertz CT molecular complexity index is 2030. The number of aliphatic hydroxyl groups excluding tert-OH is 1. The van der Waals surface area contributed by atoms with Crippen molar-refractivity contribution in [2.75, 3.05) is 33.3 Å². The standard InChI is InChI=1S/C39H37N5O7/c1-47-29-18-14-27(15-19-29)39(26-12-8-5-9-13-26,28-16-20-30(48-2)21-17-28)50-22-31-34(49-3)33(45)38(51-31)44-24-42-32-35(40-23-41-36(32)44)43-37(46)25-10-6-4-7-11-25/h4-21,23-24,31,33-34,38,45H,22H2,1-3H3,(H,40,41,43,46). The van der Waals surface area contributed by atoms with Gasteiger partial charge in [-0.1, -0.05) is 72.8 Å². The highest BCUT2D eigenvalue weighted by Gasteiger charge is 2.48. The first kappa shape index (κ1) is 33.8. The molecule has 4 unspecified atom stereocenters. The Hall–Kier alpha value is -5.66. The van der Waals surface area contributed by atoms with Gasteiger partial charge in [0.25, 0.3) is 5.91 Å². The number of hydrogen-bond acceptors (Lipinski definition) is 10. The number of ether oxygens (including phenoxy) is 5. The quantitative estimate of drug-likeness (QED) is 0.161. The molecule has 1 aliphatic rings. The van der Waals surface area contributed by atoms with Crippen LogP contribution in [-0.4, -0.2) is 76.8 Å². The molecule has 6 aromatic rings. The molecule has 0 saturated carbocycles. The zero-order chi connectivity index (χ0) is 35.4. The molecular weight excluding hydrogens is 650 g/mol. The van der Waals surface area contributed by atoms with Gasteiger partial charge in [0, 0.05) is 12.7 Å². The third-order valence-corrected chi connectivity index (χ3v) is 9.12. The van der Waals surface area contributed by atoms with Gasteiger partial charge >= 0.3 is 0 Å². The minimum absolute atomic E-state index is 0.0268. The molecule has 1 saturated heterocycles. The molecule has 260 valence electrons. The van der Waals surface area contributed by atoms with Crippen LogP contribution in [0.4, 0.5) is 5.82 Å². The van der Waals surface area contributed by atoms with E-state index in [-0.39, 0.29) is 18.3 Å². The lowest BCUT2D eigenvalue weighted by molar-refractivity contribution is -0.0981. The normalized spacial score (nSPS) is 18.8. The highest BCUT2D eigenvalue weighted by Crippen LogP contribution is 2.43. The maximum Gasteiger partial charge on any atom is 0.256 e. The first-order valence-corrected chi connectivity index (χ1v) is 16.4. The SMILES string of the molecule is COc1ccc(C(OCC2OC(n3cnc4c(NC(=O)c5ccccc5)ncnc43)C(O)C2OC)(c2ccccc2)c2ccc(OC)cc2)cc1. The number of anilines is 1. The van der Waals surface area contributed by atoms with E-state index in [1.165, 1.54) is 19.8 Å². The van der Waals surface area contributed by atoms with Gasteiger partial charge in [-0.2, -0.15) is 0 Å². The van der Waals surface area contributed by atoms with Gasteiger partial charge in [0.2, 0.25) is 0 Å². The van der Waals surface area contributed by atoms with Crippen LogP contribution in [0.15, 0.2) is 122 Å². The number of aliphatic hydroxyl groups is 1. The van der Waals surface area contributed by atoms with E-state index < -0.39 is 30.1 Å². The Morgan fingerprint density at radius 3 is 1.98 bits per heavy atom. The molecular formula is C39H37N5O7. The summed E-state index contributed by atoms with van der Waals surface area (Å²) in [5.41, 5.74) is 2.66. The molecule has 4 aromatic carbocycles. The summed E-state index contributed by atoms with van der Waals surface area (Å²) in [4.78, 5) is 26.1. The van der Waals surface area contributed by atoms with Crippen LogP contribution in [0.25, 0.3) is 11.2 Å². The smallest absolute Gasteiger partial charge is 0.256 e. The van der Waals surface area contributed by atoms with Crippen molar-refractivity contribution in [1.29, 1.82) is 0 Å². The van der Waals surface area contributed by atoms with Crippen molar-refractivity contribution in [3.05, 3.63) is 144 Å². The molecule has 0 radical (unpaired) electrons. The van der Waals surface area contributed by atoms with E-state index in [1.807, 2.05) is 84.9 Å². The van der Waals surface area contributed by atoms with Crippen LogP contribution in [0.2, 0.25) is 0 Å². The number of carbonyl (C=O) groups is 1. The Labute approximate surface area is 294 Å². The molecule has 2 aromatic heterocycles. The largest absolute Gasteiger partial charge is 0.497 e. The second-order valence-corrected chi connectivity index (χ2v) is 11.9. The molecule has 12 nitrogen and oxygen atoms in total. The molecule has 0 aliphatic carbocycles. The lowest BCUT2D eigenvalue weighted by Gasteiger charge is -2.37. The second-order valence-electron chi connectivity index (χ2n) is 11.9. The van der Waals surface area contributed by atoms with Crippen molar-refractivity contribution in [2.24, 2.45) is 0 Å². The molecule has 51 heavy (non-hydrogen) atoms. The summed E-state index contributed by atoms with van der Waals surface area (Å²) in [5, 5.41) is 14.4. The maximum atomic E-state index is 12.9. The number of hydrogen-bond donors (Lipinski definition) is 2. The predicted octanol–water partition coefficient (Wildman–Crippen LogP) is 5.38. The zero-order valence-corrected chi connectivity index (χ0v) is 28.2. The van der Waals surface area contributed by atoms with E-state index in [0.717, 1.165) is 16.7 Å². The molecule has 1 aliphatic heterocycles. The fourth-order valence-corrected chi connectivity index (χ4v) is 6.55. The van der Waals surface area contributed by atoms with Gasteiger partial charge in [0.1, 0.15) is 41.7 Å². The highest BCUT2D eigenvalue weighted by molar-refractivity contribution is 6.06. The summed E-state index contributed by atoms with van der Waals surface area (Å²) >= 11 is 0. The minimum atomic E-state index is -1.12. The van der Waals surface area contributed by atoms with Gasteiger partial charge in [-0.05, 0) is 53.1 Å². The summed E-state index contributed by atoms with van der Waals surface area (Å²) in [6.07, 6.45) is -0.711. The summed E-state index contributed by atoms with van der Waals surface area (Å²) in [7, 11) is 4.77. The van der Waals surface area contributed by atoms with Gasteiger partial charge in [-0.3, -0.25) is 9.36 Å². The first-order chi connectivity index (χ1) is 25.0. The molecule has 2 N–H and O–H groups in total. The molecule has 4 atom stereocenters. The van der Waals surface area contributed by atoms with Crippen LogP contribution in [0.3, 0.4) is 0 Å². The van der Waals surface area contributed by atoms with Crippen molar-refractivity contribution in [3.8, 4) is 11.5 Å². The van der Waals surface area contributed by atoms with Crippen molar-refractivity contribution < 1.29 is 33.6 Å². The van der Waals surface area contributed by atoms with Gasteiger partial charge < -0.3 is 34.1 Å². The van der Waals surface area contributed by atoms with Gasteiger partial charge in [0.15, 0.2) is 23.2 Å².